The molecule has 1 aliphatic rings. The van der Waals surface area contributed by atoms with Crippen LogP contribution in [-0.4, -0.2) is 90.3 Å². The second kappa shape index (κ2) is 25.7. The third-order valence-electron chi connectivity index (χ3n) is 5.32. The predicted molar refractivity (Wildman–Crippen MR) is 133 cm³/mol. The lowest BCUT2D eigenvalue weighted by Gasteiger charge is -2.18. The summed E-state index contributed by atoms with van der Waals surface area (Å²) in [7, 11) is 0. The summed E-state index contributed by atoms with van der Waals surface area (Å²) in [5.74, 6) is 2.17. The molecule has 7 heteroatoms. The second-order valence-corrected chi connectivity index (χ2v) is 9.42. The molecule has 0 aliphatic carbocycles. The van der Waals surface area contributed by atoms with Crippen LogP contribution in [0.2, 0.25) is 0 Å². The first-order valence-electron chi connectivity index (χ1n) is 13.0. The molecular weight excluding hydrogens is 428 g/mol. The van der Waals surface area contributed by atoms with Crippen LogP contribution in [-0.2, 0) is 28.4 Å². The van der Waals surface area contributed by atoms with Crippen LogP contribution in [0.5, 0.6) is 0 Å². The fourth-order valence-corrected chi connectivity index (χ4v) is 4.45. The first-order chi connectivity index (χ1) is 15.9. The standard InChI is InChI=1S/C25H50O6S/c1-2-3-4-5-6-7-8-9-10-11-22-32-24-25-23-30-19-18-28-15-14-26-12-13-27-16-17-29-20-21-31-25/h25H,2-24H2,1H3. The molecule has 0 spiro atoms. The molecule has 192 valence electrons. The first kappa shape index (κ1) is 30.1. The number of unbranched alkanes of at least 4 members (excludes halogenated alkanes) is 9. The van der Waals surface area contributed by atoms with Gasteiger partial charge >= 0.3 is 0 Å². The highest BCUT2D eigenvalue weighted by Gasteiger charge is 2.10. The molecule has 1 heterocycles. The summed E-state index contributed by atoms with van der Waals surface area (Å²) in [6.07, 6.45) is 13.9. The monoisotopic (exact) mass is 478 g/mol. The normalized spacial score (nSPS) is 21.1. The van der Waals surface area contributed by atoms with Gasteiger partial charge in [0.05, 0.1) is 78.8 Å². The summed E-state index contributed by atoms with van der Waals surface area (Å²) in [5, 5.41) is 0. The average molecular weight is 479 g/mol. The van der Waals surface area contributed by atoms with Gasteiger partial charge in [0.1, 0.15) is 0 Å². The Labute approximate surface area is 201 Å². The van der Waals surface area contributed by atoms with E-state index in [-0.39, 0.29) is 6.10 Å². The predicted octanol–water partition coefficient (Wildman–Crippen LogP) is 5.12. The van der Waals surface area contributed by atoms with Crippen molar-refractivity contribution >= 4 is 11.8 Å². The van der Waals surface area contributed by atoms with E-state index in [1.165, 1.54) is 70.0 Å². The molecule has 0 radical (unpaired) electrons. The molecule has 6 nitrogen and oxygen atoms in total. The summed E-state index contributed by atoms with van der Waals surface area (Å²) in [5.41, 5.74) is 0. The van der Waals surface area contributed by atoms with E-state index in [0.29, 0.717) is 72.7 Å². The van der Waals surface area contributed by atoms with E-state index in [0.717, 1.165) is 5.75 Å². The van der Waals surface area contributed by atoms with Crippen molar-refractivity contribution in [1.29, 1.82) is 0 Å². The van der Waals surface area contributed by atoms with Crippen molar-refractivity contribution in [2.45, 2.75) is 77.2 Å². The largest absolute Gasteiger partial charge is 0.377 e. The van der Waals surface area contributed by atoms with E-state index in [1.807, 2.05) is 11.8 Å². The summed E-state index contributed by atoms with van der Waals surface area (Å²) in [6, 6.07) is 0. The lowest BCUT2D eigenvalue weighted by atomic mass is 10.1. The zero-order chi connectivity index (χ0) is 22.8. The quantitative estimate of drug-likeness (QED) is 0.340. The van der Waals surface area contributed by atoms with Crippen LogP contribution in [0.4, 0.5) is 0 Å². The van der Waals surface area contributed by atoms with Crippen LogP contribution in [0.1, 0.15) is 71.1 Å². The summed E-state index contributed by atoms with van der Waals surface area (Å²) in [4.78, 5) is 0. The fourth-order valence-electron chi connectivity index (χ4n) is 3.42. The van der Waals surface area contributed by atoms with E-state index in [4.69, 9.17) is 28.4 Å². The van der Waals surface area contributed by atoms with E-state index in [9.17, 15) is 0 Å². The molecule has 0 bridgehead atoms. The highest BCUT2D eigenvalue weighted by molar-refractivity contribution is 7.99. The number of rotatable bonds is 13. The van der Waals surface area contributed by atoms with E-state index >= 15 is 0 Å². The molecule has 1 atom stereocenters. The Bertz CT molecular complexity index is 343. The number of thioether (sulfide) groups is 1. The average Bonchev–Trinajstić information content (AvgIpc) is 2.80. The Balaban J connectivity index is 2.06. The van der Waals surface area contributed by atoms with Gasteiger partial charge in [0.15, 0.2) is 0 Å². The molecule has 1 unspecified atom stereocenters. The van der Waals surface area contributed by atoms with Crippen molar-refractivity contribution < 1.29 is 28.4 Å². The molecule has 0 aromatic rings. The Morgan fingerprint density at radius 1 is 0.531 bits per heavy atom. The van der Waals surface area contributed by atoms with Crippen molar-refractivity contribution in [3.05, 3.63) is 0 Å². The molecule has 1 fully saturated rings. The van der Waals surface area contributed by atoms with Crippen molar-refractivity contribution in [3.63, 3.8) is 0 Å². The Hall–Kier alpha value is 0.110. The lowest BCUT2D eigenvalue weighted by molar-refractivity contribution is -0.0537. The topological polar surface area (TPSA) is 55.4 Å². The maximum Gasteiger partial charge on any atom is 0.0899 e. The van der Waals surface area contributed by atoms with E-state index < -0.39 is 0 Å². The molecule has 32 heavy (non-hydrogen) atoms. The minimum absolute atomic E-state index is 0.102. The molecule has 0 aromatic carbocycles. The first-order valence-corrected chi connectivity index (χ1v) is 14.2. The zero-order valence-corrected chi connectivity index (χ0v) is 21.5. The van der Waals surface area contributed by atoms with Gasteiger partial charge in [-0.05, 0) is 12.2 Å². The van der Waals surface area contributed by atoms with Gasteiger partial charge in [-0.3, -0.25) is 0 Å². The van der Waals surface area contributed by atoms with E-state index in [2.05, 4.69) is 6.92 Å². The van der Waals surface area contributed by atoms with Crippen LogP contribution in [0.15, 0.2) is 0 Å². The Morgan fingerprint density at radius 3 is 1.50 bits per heavy atom. The molecule has 1 rings (SSSR count). The smallest absolute Gasteiger partial charge is 0.0899 e. The molecule has 0 N–H and O–H groups in total. The highest BCUT2D eigenvalue weighted by atomic mass is 32.2. The zero-order valence-electron chi connectivity index (χ0n) is 20.7. The van der Waals surface area contributed by atoms with Crippen LogP contribution in [0.25, 0.3) is 0 Å². The van der Waals surface area contributed by atoms with Crippen molar-refractivity contribution in [2.24, 2.45) is 0 Å². The summed E-state index contributed by atoms with van der Waals surface area (Å²) < 4.78 is 33.8. The van der Waals surface area contributed by atoms with Gasteiger partial charge in [-0.1, -0.05) is 64.7 Å². The van der Waals surface area contributed by atoms with Crippen molar-refractivity contribution in [2.75, 3.05) is 84.2 Å². The lowest BCUT2D eigenvalue weighted by Crippen LogP contribution is -2.26. The highest BCUT2D eigenvalue weighted by Crippen LogP contribution is 2.14. The van der Waals surface area contributed by atoms with Gasteiger partial charge in [0, 0.05) is 5.75 Å². The van der Waals surface area contributed by atoms with Gasteiger partial charge < -0.3 is 28.4 Å². The van der Waals surface area contributed by atoms with E-state index in [1.54, 1.807) is 0 Å². The van der Waals surface area contributed by atoms with Crippen LogP contribution < -0.4 is 0 Å². The van der Waals surface area contributed by atoms with Crippen molar-refractivity contribution in [3.8, 4) is 0 Å². The molecule has 0 aromatic heterocycles. The van der Waals surface area contributed by atoms with Gasteiger partial charge in [-0.15, -0.1) is 0 Å². The maximum atomic E-state index is 6.02. The molecule has 0 saturated carbocycles. The second-order valence-electron chi connectivity index (χ2n) is 8.27. The summed E-state index contributed by atoms with van der Waals surface area (Å²) in [6.45, 7) is 8.74. The number of hydrogen-bond acceptors (Lipinski definition) is 7. The summed E-state index contributed by atoms with van der Waals surface area (Å²) >= 11 is 1.98. The van der Waals surface area contributed by atoms with Gasteiger partial charge in [0.25, 0.3) is 0 Å². The third kappa shape index (κ3) is 21.9. The molecule has 0 amide bonds. The maximum absolute atomic E-state index is 6.02. The van der Waals surface area contributed by atoms with Gasteiger partial charge in [-0.2, -0.15) is 11.8 Å². The number of ether oxygens (including phenoxy) is 6. The van der Waals surface area contributed by atoms with Gasteiger partial charge in [0.2, 0.25) is 0 Å². The minimum atomic E-state index is 0.102. The molecule has 1 saturated heterocycles. The van der Waals surface area contributed by atoms with Crippen LogP contribution in [0, 0.1) is 0 Å². The minimum Gasteiger partial charge on any atom is -0.377 e. The number of hydrogen-bond donors (Lipinski definition) is 0. The van der Waals surface area contributed by atoms with Crippen molar-refractivity contribution in [1.82, 2.24) is 0 Å². The fraction of sp³-hybridized carbons (Fsp3) is 1.00. The Kier molecular flexibility index (Phi) is 24.2. The van der Waals surface area contributed by atoms with Crippen LogP contribution >= 0.6 is 11.8 Å². The van der Waals surface area contributed by atoms with Gasteiger partial charge in [-0.25, -0.2) is 0 Å². The SMILES string of the molecule is CCCCCCCCCCCCSCC1COCCOCCOCCOCCOCCO1. The third-order valence-corrected chi connectivity index (χ3v) is 6.50. The molecule has 1 aliphatic heterocycles. The van der Waals surface area contributed by atoms with Crippen LogP contribution in [0.3, 0.4) is 0 Å². The molecular formula is C25H50O6S. The Morgan fingerprint density at radius 2 is 0.969 bits per heavy atom.